The molecule has 0 bridgehead atoms. The molecule has 20 heavy (non-hydrogen) atoms. The molecule has 1 aliphatic carbocycles. The van der Waals surface area contributed by atoms with Crippen LogP contribution in [0.1, 0.15) is 37.8 Å². The maximum absolute atomic E-state index is 11.6. The molecule has 0 spiro atoms. The Bertz CT molecular complexity index is 442. The van der Waals surface area contributed by atoms with E-state index in [9.17, 15) is 4.79 Å². The first kappa shape index (κ1) is 15.0. The van der Waals surface area contributed by atoms with Crippen LogP contribution in [0.15, 0.2) is 24.3 Å². The summed E-state index contributed by atoms with van der Waals surface area (Å²) in [5.74, 6) is 0.671. The summed E-state index contributed by atoms with van der Waals surface area (Å²) >= 11 is 0. The highest BCUT2D eigenvalue weighted by Crippen LogP contribution is 2.20. The summed E-state index contributed by atoms with van der Waals surface area (Å²) < 4.78 is 0. The van der Waals surface area contributed by atoms with Crippen LogP contribution in [-0.4, -0.2) is 25.0 Å². The smallest absolute Gasteiger partial charge is 0.221 e. The zero-order valence-corrected chi connectivity index (χ0v) is 12.6. The minimum absolute atomic E-state index is 0.155. The van der Waals surface area contributed by atoms with Crippen molar-refractivity contribution >= 4 is 5.91 Å². The lowest BCUT2D eigenvalue weighted by molar-refractivity contribution is -0.121. The van der Waals surface area contributed by atoms with Crippen molar-refractivity contribution in [3.63, 3.8) is 0 Å². The molecule has 0 fully saturated rings. The Labute approximate surface area is 122 Å². The van der Waals surface area contributed by atoms with Crippen LogP contribution in [0, 0.1) is 5.92 Å². The number of carbonyl (C=O) groups is 1. The minimum Gasteiger partial charge on any atom is -0.356 e. The molecule has 0 aromatic heterocycles. The van der Waals surface area contributed by atoms with Gasteiger partial charge < -0.3 is 10.6 Å². The summed E-state index contributed by atoms with van der Waals surface area (Å²) in [4.78, 5) is 11.6. The molecule has 3 nitrogen and oxygen atoms in total. The number of aryl methyl sites for hydroxylation is 1. The normalized spacial score (nSPS) is 17.9. The Morgan fingerprint density at radius 1 is 1.30 bits per heavy atom. The summed E-state index contributed by atoms with van der Waals surface area (Å²) in [6.07, 6.45) is 3.98. The second-order valence-corrected chi connectivity index (χ2v) is 6.11. The molecule has 1 aliphatic rings. The molecule has 0 saturated carbocycles. The molecule has 0 saturated heterocycles. The second-order valence-electron chi connectivity index (χ2n) is 6.11. The van der Waals surface area contributed by atoms with Gasteiger partial charge >= 0.3 is 0 Å². The molecular weight excluding hydrogens is 248 g/mol. The number of fused-ring (bicyclic) bond motifs is 1. The number of rotatable bonds is 6. The Kier molecular flexibility index (Phi) is 5.60. The van der Waals surface area contributed by atoms with E-state index in [0.29, 0.717) is 18.4 Å². The van der Waals surface area contributed by atoms with Gasteiger partial charge in [-0.25, -0.2) is 0 Å². The molecule has 3 heteroatoms. The molecule has 2 N–H and O–H groups in total. The average Bonchev–Trinajstić information content (AvgIpc) is 2.45. The summed E-state index contributed by atoms with van der Waals surface area (Å²) in [6.45, 7) is 5.77. The van der Waals surface area contributed by atoms with Crippen molar-refractivity contribution in [2.24, 2.45) is 5.92 Å². The third-order valence-corrected chi connectivity index (χ3v) is 3.84. The van der Waals surface area contributed by atoms with Gasteiger partial charge in [-0.2, -0.15) is 0 Å². The summed E-state index contributed by atoms with van der Waals surface area (Å²) in [7, 11) is 0. The van der Waals surface area contributed by atoms with E-state index in [-0.39, 0.29) is 5.91 Å². The number of nitrogens with one attached hydrogen (secondary N) is 2. The molecule has 1 atom stereocenters. The highest BCUT2D eigenvalue weighted by molar-refractivity contribution is 5.76. The van der Waals surface area contributed by atoms with E-state index >= 15 is 0 Å². The average molecular weight is 274 g/mol. The lowest BCUT2D eigenvalue weighted by Gasteiger charge is -2.25. The first-order valence-electron chi connectivity index (χ1n) is 7.72. The summed E-state index contributed by atoms with van der Waals surface area (Å²) in [5.41, 5.74) is 2.95. The van der Waals surface area contributed by atoms with Crippen molar-refractivity contribution in [1.29, 1.82) is 0 Å². The first-order chi connectivity index (χ1) is 9.65. The molecule has 1 amide bonds. The topological polar surface area (TPSA) is 41.1 Å². The van der Waals surface area contributed by atoms with Crippen LogP contribution in [0.3, 0.4) is 0 Å². The van der Waals surface area contributed by atoms with Crippen LogP contribution >= 0.6 is 0 Å². The first-order valence-corrected chi connectivity index (χ1v) is 7.72. The Morgan fingerprint density at radius 3 is 2.80 bits per heavy atom. The van der Waals surface area contributed by atoms with Crippen LogP contribution < -0.4 is 10.6 Å². The molecule has 0 heterocycles. The van der Waals surface area contributed by atoms with Crippen molar-refractivity contribution in [1.82, 2.24) is 10.6 Å². The SMILES string of the molecule is CC(C)CNC(=O)CCNC1CCc2ccccc2C1. The van der Waals surface area contributed by atoms with Crippen LogP contribution in [0.25, 0.3) is 0 Å². The van der Waals surface area contributed by atoms with E-state index in [1.807, 2.05) is 0 Å². The van der Waals surface area contributed by atoms with Gasteiger partial charge in [0.1, 0.15) is 0 Å². The zero-order chi connectivity index (χ0) is 14.4. The van der Waals surface area contributed by atoms with Crippen molar-refractivity contribution in [3.8, 4) is 0 Å². The Hall–Kier alpha value is -1.35. The predicted molar refractivity (Wildman–Crippen MR) is 82.7 cm³/mol. The highest BCUT2D eigenvalue weighted by atomic mass is 16.1. The maximum atomic E-state index is 11.6. The highest BCUT2D eigenvalue weighted by Gasteiger charge is 2.17. The van der Waals surface area contributed by atoms with Gasteiger partial charge in [0.25, 0.3) is 0 Å². The number of benzene rings is 1. The molecule has 110 valence electrons. The fourth-order valence-electron chi connectivity index (χ4n) is 2.67. The zero-order valence-electron chi connectivity index (χ0n) is 12.6. The number of hydrogen-bond acceptors (Lipinski definition) is 2. The number of amides is 1. The third-order valence-electron chi connectivity index (χ3n) is 3.84. The van der Waals surface area contributed by atoms with E-state index in [0.717, 1.165) is 25.9 Å². The Morgan fingerprint density at radius 2 is 2.05 bits per heavy atom. The van der Waals surface area contributed by atoms with E-state index in [2.05, 4.69) is 48.7 Å². The van der Waals surface area contributed by atoms with Crippen molar-refractivity contribution < 1.29 is 4.79 Å². The van der Waals surface area contributed by atoms with Gasteiger partial charge in [0.15, 0.2) is 0 Å². The van der Waals surface area contributed by atoms with Gasteiger partial charge in [-0.1, -0.05) is 38.1 Å². The molecular formula is C17H26N2O. The molecule has 1 aromatic carbocycles. The monoisotopic (exact) mass is 274 g/mol. The standard InChI is InChI=1S/C17H26N2O/c1-13(2)12-19-17(20)9-10-18-16-8-7-14-5-3-4-6-15(14)11-16/h3-6,13,16,18H,7-12H2,1-2H3,(H,19,20). The fraction of sp³-hybridized carbons (Fsp3) is 0.588. The van der Waals surface area contributed by atoms with Gasteiger partial charge in [-0.3, -0.25) is 4.79 Å². The Balaban J connectivity index is 1.67. The fourth-order valence-corrected chi connectivity index (χ4v) is 2.67. The number of hydrogen-bond donors (Lipinski definition) is 2. The van der Waals surface area contributed by atoms with E-state index in [4.69, 9.17) is 0 Å². The van der Waals surface area contributed by atoms with Crippen LogP contribution in [-0.2, 0) is 17.6 Å². The molecule has 0 aliphatic heterocycles. The van der Waals surface area contributed by atoms with Crippen LogP contribution in [0.2, 0.25) is 0 Å². The number of carbonyl (C=O) groups excluding carboxylic acids is 1. The van der Waals surface area contributed by atoms with E-state index < -0.39 is 0 Å². The molecule has 1 aromatic rings. The largest absolute Gasteiger partial charge is 0.356 e. The second kappa shape index (κ2) is 7.44. The van der Waals surface area contributed by atoms with Crippen molar-refractivity contribution in [2.45, 2.75) is 45.6 Å². The van der Waals surface area contributed by atoms with Gasteiger partial charge in [-0.05, 0) is 36.3 Å². The van der Waals surface area contributed by atoms with Crippen molar-refractivity contribution in [2.75, 3.05) is 13.1 Å². The molecule has 2 rings (SSSR count). The minimum atomic E-state index is 0.155. The van der Waals surface area contributed by atoms with Gasteiger partial charge in [0.05, 0.1) is 0 Å². The van der Waals surface area contributed by atoms with Gasteiger partial charge in [-0.15, -0.1) is 0 Å². The van der Waals surface area contributed by atoms with Crippen LogP contribution in [0.4, 0.5) is 0 Å². The summed E-state index contributed by atoms with van der Waals surface area (Å²) in [6, 6.07) is 9.19. The lowest BCUT2D eigenvalue weighted by Crippen LogP contribution is -2.37. The maximum Gasteiger partial charge on any atom is 0.221 e. The van der Waals surface area contributed by atoms with E-state index in [1.54, 1.807) is 0 Å². The third kappa shape index (κ3) is 4.64. The quantitative estimate of drug-likeness (QED) is 0.835. The van der Waals surface area contributed by atoms with Gasteiger partial charge in [0, 0.05) is 25.6 Å². The predicted octanol–water partition coefficient (Wildman–Crippen LogP) is 2.30. The van der Waals surface area contributed by atoms with Crippen molar-refractivity contribution in [3.05, 3.63) is 35.4 Å². The lowest BCUT2D eigenvalue weighted by atomic mass is 9.88. The van der Waals surface area contributed by atoms with Gasteiger partial charge in [0.2, 0.25) is 5.91 Å². The molecule has 0 radical (unpaired) electrons. The van der Waals surface area contributed by atoms with Crippen LogP contribution in [0.5, 0.6) is 0 Å². The summed E-state index contributed by atoms with van der Waals surface area (Å²) in [5, 5.41) is 6.48. The van der Waals surface area contributed by atoms with E-state index in [1.165, 1.54) is 17.5 Å². The molecule has 1 unspecified atom stereocenters.